The zero-order valence-electron chi connectivity index (χ0n) is 24.1. The molecule has 0 radical (unpaired) electrons. The van der Waals surface area contributed by atoms with Crippen molar-refractivity contribution in [3.8, 4) is 0 Å². The number of aliphatic hydroxyl groups is 12. The minimum Gasteiger partial charge on any atom is -0.394 e. The topological polar surface area (TPSA) is 326 Å². The third-order valence-corrected chi connectivity index (χ3v) is 8.53. The molecule has 0 bridgehead atoms. The van der Waals surface area contributed by atoms with Crippen molar-refractivity contribution in [2.24, 2.45) is 0 Å². The Kier molecular flexibility index (Phi) is 12.2. The first kappa shape index (κ1) is 36.4. The minimum absolute atomic E-state index is 0.478. The Morgan fingerprint density at radius 2 is 0.761 bits per heavy atom. The van der Waals surface area contributed by atoms with Crippen LogP contribution < -0.4 is 0 Å². The van der Waals surface area contributed by atoms with Crippen molar-refractivity contribution in [1.29, 1.82) is 0 Å². The largest absolute Gasteiger partial charge is 0.394 e. The van der Waals surface area contributed by atoms with Gasteiger partial charge in [-0.2, -0.15) is 0 Å². The van der Waals surface area contributed by atoms with E-state index in [9.17, 15) is 61.3 Å². The summed E-state index contributed by atoms with van der Waals surface area (Å²) in [6, 6.07) is 0. The number of ether oxygens (including phenoxy) is 9. The van der Waals surface area contributed by atoms with Crippen molar-refractivity contribution in [1.82, 2.24) is 0 Å². The van der Waals surface area contributed by atoms with Crippen molar-refractivity contribution in [2.45, 2.75) is 123 Å². The molecule has 5 saturated heterocycles. The van der Waals surface area contributed by atoms with Crippen LogP contribution in [-0.2, 0) is 42.6 Å². The molecule has 0 aromatic rings. The van der Waals surface area contributed by atoms with Gasteiger partial charge in [0.25, 0.3) is 0 Å². The first-order valence-electron chi connectivity index (χ1n) is 14.7. The van der Waals surface area contributed by atoms with Gasteiger partial charge in [0.2, 0.25) is 0 Å². The van der Waals surface area contributed by atoms with Gasteiger partial charge in [-0.25, -0.2) is 0 Å². The molecule has 46 heavy (non-hydrogen) atoms. The summed E-state index contributed by atoms with van der Waals surface area (Å²) in [4.78, 5) is 0. The van der Waals surface area contributed by atoms with Crippen molar-refractivity contribution in [3.05, 3.63) is 0 Å². The molecule has 0 aliphatic carbocycles. The Morgan fingerprint density at radius 1 is 0.370 bits per heavy atom. The van der Waals surface area contributed by atoms with Crippen LogP contribution in [-0.4, -0.2) is 217 Å². The quantitative estimate of drug-likeness (QED) is 0.0860. The molecule has 5 fully saturated rings. The lowest BCUT2D eigenvalue weighted by atomic mass is 10.1. The van der Waals surface area contributed by atoms with Gasteiger partial charge in [0.05, 0.1) is 33.0 Å². The van der Waals surface area contributed by atoms with E-state index in [1.54, 1.807) is 0 Å². The standard InChI is InChI=1S/C25H42O21/c26-1-6-11(29)15(33)24(41-6)45-19-8(3-28)43-22(17(19)35)39-5-10-20(46-25-16(34)12(30)7(2-27)42-25)18(36)23(44-10)38-4-9-13(31)14(32)21(37)40-9/h6-37H,1-5H2/t6-,7-,8-,9-,10-,11-,12-,13-,14+,15+,16+,17+,18+,19-,20-,21-,22+,23+,24-,25-/m1/s1. The lowest BCUT2D eigenvalue weighted by molar-refractivity contribution is -0.229. The van der Waals surface area contributed by atoms with Gasteiger partial charge in [0.1, 0.15) is 91.6 Å². The zero-order valence-corrected chi connectivity index (χ0v) is 24.1. The van der Waals surface area contributed by atoms with Crippen LogP contribution in [0.3, 0.4) is 0 Å². The maximum absolute atomic E-state index is 11.0. The van der Waals surface area contributed by atoms with E-state index in [-0.39, 0.29) is 0 Å². The lowest BCUT2D eigenvalue weighted by Crippen LogP contribution is -2.45. The molecule has 0 aromatic heterocycles. The fraction of sp³-hybridized carbons (Fsp3) is 1.00. The van der Waals surface area contributed by atoms with Gasteiger partial charge < -0.3 is 104 Å². The maximum atomic E-state index is 11.0. The Bertz CT molecular complexity index is 965. The van der Waals surface area contributed by atoms with Crippen LogP contribution in [0.5, 0.6) is 0 Å². The number of hydrogen-bond donors (Lipinski definition) is 12. The van der Waals surface area contributed by atoms with E-state index in [0.717, 1.165) is 0 Å². The van der Waals surface area contributed by atoms with Crippen LogP contribution in [0.1, 0.15) is 0 Å². The van der Waals surface area contributed by atoms with Crippen LogP contribution in [0.25, 0.3) is 0 Å². The molecule has 5 aliphatic rings. The molecular weight excluding hydrogens is 636 g/mol. The fourth-order valence-electron chi connectivity index (χ4n) is 5.81. The molecular formula is C25H42O21. The highest BCUT2D eigenvalue weighted by Gasteiger charge is 2.54. The van der Waals surface area contributed by atoms with Crippen molar-refractivity contribution in [3.63, 3.8) is 0 Å². The van der Waals surface area contributed by atoms with Gasteiger partial charge in [-0.3, -0.25) is 0 Å². The van der Waals surface area contributed by atoms with E-state index in [2.05, 4.69) is 0 Å². The molecule has 0 amide bonds. The molecule has 268 valence electrons. The second-order valence-corrected chi connectivity index (χ2v) is 11.6. The minimum atomic E-state index is -1.68. The van der Waals surface area contributed by atoms with Gasteiger partial charge in [0, 0.05) is 0 Å². The molecule has 0 aromatic carbocycles. The molecule has 5 rings (SSSR count). The Morgan fingerprint density at radius 3 is 1.17 bits per heavy atom. The summed E-state index contributed by atoms with van der Waals surface area (Å²) in [5, 5.41) is 120. The summed E-state index contributed by atoms with van der Waals surface area (Å²) in [6.45, 7) is -2.96. The summed E-state index contributed by atoms with van der Waals surface area (Å²) < 4.78 is 49.4. The van der Waals surface area contributed by atoms with E-state index in [1.165, 1.54) is 0 Å². The third-order valence-electron chi connectivity index (χ3n) is 8.53. The second kappa shape index (κ2) is 15.4. The van der Waals surface area contributed by atoms with Gasteiger partial charge in [-0.1, -0.05) is 0 Å². The highest BCUT2D eigenvalue weighted by Crippen LogP contribution is 2.34. The predicted molar refractivity (Wildman–Crippen MR) is 136 cm³/mol. The highest BCUT2D eigenvalue weighted by atomic mass is 16.8. The second-order valence-electron chi connectivity index (χ2n) is 11.6. The summed E-state index contributed by atoms with van der Waals surface area (Å²) >= 11 is 0. The summed E-state index contributed by atoms with van der Waals surface area (Å²) in [6.07, 6.45) is -29.2. The van der Waals surface area contributed by atoms with E-state index in [4.69, 9.17) is 42.6 Å². The number of aliphatic hydroxyl groups excluding tert-OH is 12. The fourth-order valence-corrected chi connectivity index (χ4v) is 5.81. The van der Waals surface area contributed by atoms with E-state index >= 15 is 0 Å². The van der Waals surface area contributed by atoms with E-state index < -0.39 is 156 Å². The zero-order chi connectivity index (χ0) is 33.4. The summed E-state index contributed by atoms with van der Waals surface area (Å²) in [7, 11) is 0. The SMILES string of the molecule is OC[C@H]1O[C@H](O[C@H]2[C@H](O)[C@@H](OC[C@H]3O[C@H](OC[C@H]4O[C@@H](O)[C@@H](O)[C@@H]4O)[C@@H](O)[C@@H]3O[C@H]3O[C@H](CO)[C@@H](O)[C@@H]3O)O[C@@H]2CO)[C@@H](O)[C@@H]1O. The smallest absolute Gasteiger partial charge is 0.187 e. The molecule has 0 saturated carbocycles. The Balaban J connectivity index is 1.23. The summed E-state index contributed by atoms with van der Waals surface area (Å²) in [5.41, 5.74) is 0. The number of rotatable bonds is 13. The molecule has 21 heteroatoms. The van der Waals surface area contributed by atoms with E-state index in [0.29, 0.717) is 0 Å². The van der Waals surface area contributed by atoms with Crippen LogP contribution in [0.15, 0.2) is 0 Å². The molecule has 0 unspecified atom stereocenters. The molecule has 5 heterocycles. The van der Waals surface area contributed by atoms with Crippen LogP contribution in [0.4, 0.5) is 0 Å². The number of hydrogen-bond acceptors (Lipinski definition) is 21. The molecule has 21 nitrogen and oxygen atoms in total. The first-order valence-corrected chi connectivity index (χ1v) is 14.7. The van der Waals surface area contributed by atoms with Crippen LogP contribution in [0.2, 0.25) is 0 Å². The van der Waals surface area contributed by atoms with Crippen LogP contribution >= 0.6 is 0 Å². The Labute approximate surface area is 260 Å². The van der Waals surface area contributed by atoms with Gasteiger partial charge in [-0.05, 0) is 0 Å². The third kappa shape index (κ3) is 7.21. The van der Waals surface area contributed by atoms with Crippen LogP contribution in [0, 0.1) is 0 Å². The average molecular weight is 679 g/mol. The highest BCUT2D eigenvalue weighted by molar-refractivity contribution is 4.95. The predicted octanol–water partition coefficient (Wildman–Crippen LogP) is -8.73. The molecule has 5 aliphatic heterocycles. The average Bonchev–Trinajstić information content (AvgIpc) is 3.76. The maximum Gasteiger partial charge on any atom is 0.187 e. The lowest BCUT2D eigenvalue weighted by Gasteiger charge is -2.27. The van der Waals surface area contributed by atoms with Gasteiger partial charge in [-0.15, -0.1) is 0 Å². The molecule has 0 spiro atoms. The van der Waals surface area contributed by atoms with Gasteiger partial charge >= 0.3 is 0 Å². The van der Waals surface area contributed by atoms with Crippen molar-refractivity contribution >= 4 is 0 Å². The first-order chi connectivity index (χ1) is 21.9. The van der Waals surface area contributed by atoms with E-state index in [1.807, 2.05) is 0 Å². The molecule has 20 atom stereocenters. The Hall–Kier alpha value is -0.840. The van der Waals surface area contributed by atoms with Crippen molar-refractivity contribution in [2.75, 3.05) is 33.0 Å². The van der Waals surface area contributed by atoms with Gasteiger partial charge in [0.15, 0.2) is 31.5 Å². The normalized spacial score (nSPS) is 52.7. The van der Waals surface area contributed by atoms with Crippen molar-refractivity contribution < 1.29 is 104 Å². The summed E-state index contributed by atoms with van der Waals surface area (Å²) in [5.74, 6) is 0. The molecule has 12 N–H and O–H groups in total. The monoisotopic (exact) mass is 678 g/mol.